The molecule has 1 aromatic rings. The van der Waals surface area contributed by atoms with Gasteiger partial charge < -0.3 is 10.0 Å². The number of nitrogens with zero attached hydrogens (tertiary/aromatic N) is 1. The number of rotatable bonds is 5. The lowest BCUT2D eigenvalue weighted by atomic mass is 10.1. The summed E-state index contributed by atoms with van der Waals surface area (Å²) in [6.45, 7) is 3.07. The van der Waals surface area contributed by atoms with Crippen LogP contribution >= 0.6 is 0 Å². The highest BCUT2D eigenvalue weighted by atomic mass is 16.4. The van der Waals surface area contributed by atoms with Crippen LogP contribution in [0.5, 0.6) is 0 Å². The molecule has 4 heteroatoms. The van der Waals surface area contributed by atoms with Gasteiger partial charge in [-0.25, -0.2) is 0 Å². The van der Waals surface area contributed by atoms with Gasteiger partial charge in [-0.1, -0.05) is 29.8 Å². The Bertz CT molecular complexity index is 467. The zero-order valence-corrected chi connectivity index (χ0v) is 11.1. The molecular weight excluding hydrogens is 242 g/mol. The molecule has 1 atom stereocenters. The molecule has 0 radical (unpaired) electrons. The van der Waals surface area contributed by atoms with Gasteiger partial charge in [-0.15, -0.1) is 0 Å². The third-order valence-electron chi connectivity index (χ3n) is 3.58. The van der Waals surface area contributed by atoms with Gasteiger partial charge in [-0.05, 0) is 25.3 Å². The van der Waals surface area contributed by atoms with Crippen LogP contribution in [0.15, 0.2) is 24.3 Å². The van der Waals surface area contributed by atoms with E-state index in [4.69, 9.17) is 5.11 Å². The van der Waals surface area contributed by atoms with Crippen LogP contribution in [-0.2, 0) is 16.0 Å². The average molecular weight is 261 g/mol. The third-order valence-corrected chi connectivity index (χ3v) is 3.58. The summed E-state index contributed by atoms with van der Waals surface area (Å²) >= 11 is 0. The fourth-order valence-electron chi connectivity index (χ4n) is 2.38. The molecule has 1 unspecified atom stereocenters. The van der Waals surface area contributed by atoms with Crippen molar-refractivity contribution in [2.45, 2.75) is 26.2 Å². The van der Waals surface area contributed by atoms with Crippen molar-refractivity contribution in [1.82, 2.24) is 4.90 Å². The fraction of sp³-hybridized carbons (Fsp3) is 0.467. The number of carboxylic acid groups (broad SMARTS) is 1. The van der Waals surface area contributed by atoms with Crippen molar-refractivity contribution in [3.63, 3.8) is 0 Å². The number of likely N-dealkylation sites (tertiary alicyclic amines) is 1. The van der Waals surface area contributed by atoms with Crippen LogP contribution in [0.4, 0.5) is 0 Å². The number of carbonyl (C=O) groups excluding carboxylic acids is 1. The maximum atomic E-state index is 11.6. The standard InChI is InChI=1S/C15H19NO3/c1-11-4-6-12(7-5-11)3-2-8-16-10-13(15(18)19)9-14(16)17/h4-7,13H,2-3,8-10H2,1H3,(H,18,19). The van der Waals surface area contributed by atoms with E-state index in [9.17, 15) is 9.59 Å². The molecule has 1 amide bonds. The molecule has 0 spiro atoms. The van der Waals surface area contributed by atoms with Gasteiger partial charge in [0.05, 0.1) is 5.92 Å². The number of aliphatic carboxylic acids is 1. The van der Waals surface area contributed by atoms with Crippen LogP contribution in [-0.4, -0.2) is 35.0 Å². The molecule has 4 nitrogen and oxygen atoms in total. The van der Waals surface area contributed by atoms with Crippen LogP contribution in [0, 0.1) is 12.8 Å². The Kier molecular flexibility index (Phi) is 4.20. The highest BCUT2D eigenvalue weighted by molar-refractivity contribution is 5.86. The Balaban J connectivity index is 1.78. The molecule has 1 aromatic carbocycles. The highest BCUT2D eigenvalue weighted by Crippen LogP contribution is 2.18. The summed E-state index contributed by atoms with van der Waals surface area (Å²) in [4.78, 5) is 24.2. The lowest BCUT2D eigenvalue weighted by molar-refractivity contribution is -0.141. The summed E-state index contributed by atoms with van der Waals surface area (Å²) in [5, 5.41) is 8.90. The summed E-state index contributed by atoms with van der Waals surface area (Å²) < 4.78 is 0. The second kappa shape index (κ2) is 5.87. The monoisotopic (exact) mass is 261 g/mol. The number of carboxylic acids is 1. The minimum absolute atomic E-state index is 0.0312. The Labute approximate surface area is 113 Å². The zero-order chi connectivity index (χ0) is 13.8. The van der Waals surface area contributed by atoms with Crippen molar-refractivity contribution in [1.29, 1.82) is 0 Å². The number of carbonyl (C=O) groups is 2. The van der Waals surface area contributed by atoms with Crippen molar-refractivity contribution in [2.75, 3.05) is 13.1 Å². The van der Waals surface area contributed by atoms with Gasteiger partial charge in [0.1, 0.15) is 0 Å². The molecule has 1 N–H and O–H groups in total. The molecule has 0 bridgehead atoms. The van der Waals surface area contributed by atoms with Gasteiger partial charge in [-0.3, -0.25) is 9.59 Å². The van der Waals surface area contributed by atoms with Crippen molar-refractivity contribution in [3.05, 3.63) is 35.4 Å². The summed E-state index contributed by atoms with van der Waals surface area (Å²) in [5.41, 5.74) is 2.50. The van der Waals surface area contributed by atoms with Crippen LogP contribution in [0.1, 0.15) is 24.0 Å². The minimum Gasteiger partial charge on any atom is -0.481 e. The zero-order valence-electron chi connectivity index (χ0n) is 11.1. The summed E-state index contributed by atoms with van der Waals surface area (Å²) in [5.74, 6) is -1.42. The third kappa shape index (κ3) is 3.56. The van der Waals surface area contributed by atoms with Gasteiger partial charge in [-0.2, -0.15) is 0 Å². The number of hydrogen-bond donors (Lipinski definition) is 1. The summed E-state index contributed by atoms with van der Waals surface area (Å²) in [7, 11) is 0. The predicted molar refractivity (Wildman–Crippen MR) is 71.8 cm³/mol. The number of aryl methyl sites for hydroxylation is 2. The molecule has 1 saturated heterocycles. The van der Waals surface area contributed by atoms with Gasteiger partial charge in [0.15, 0.2) is 0 Å². The number of amides is 1. The molecule has 0 aliphatic carbocycles. The second-order valence-corrected chi connectivity index (χ2v) is 5.17. The maximum absolute atomic E-state index is 11.6. The minimum atomic E-state index is -0.866. The van der Waals surface area contributed by atoms with Gasteiger partial charge in [0, 0.05) is 19.5 Å². The van der Waals surface area contributed by atoms with E-state index in [2.05, 4.69) is 31.2 Å². The van der Waals surface area contributed by atoms with Crippen molar-refractivity contribution in [3.8, 4) is 0 Å². The molecule has 102 valence electrons. The van der Waals surface area contributed by atoms with E-state index in [-0.39, 0.29) is 12.3 Å². The molecule has 19 heavy (non-hydrogen) atoms. The first-order chi connectivity index (χ1) is 9.06. The van der Waals surface area contributed by atoms with Crippen molar-refractivity contribution >= 4 is 11.9 Å². The van der Waals surface area contributed by atoms with Gasteiger partial charge >= 0.3 is 5.97 Å². The van der Waals surface area contributed by atoms with Crippen LogP contribution in [0.25, 0.3) is 0 Å². The van der Waals surface area contributed by atoms with Crippen LogP contribution in [0.2, 0.25) is 0 Å². The average Bonchev–Trinajstić information content (AvgIpc) is 2.74. The number of hydrogen-bond acceptors (Lipinski definition) is 2. The molecule has 0 saturated carbocycles. The molecular formula is C15H19NO3. The lowest BCUT2D eigenvalue weighted by Gasteiger charge is -2.15. The molecule has 1 fully saturated rings. The molecule has 2 rings (SSSR count). The fourth-order valence-corrected chi connectivity index (χ4v) is 2.38. The van der Waals surface area contributed by atoms with E-state index in [1.165, 1.54) is 11.1 Å². The first kappa shape index (κ1) is 13.6. The Morgan fingerprint density at radius 1 is 1.37 bits per heavy atom. The topological polar surface area (TPSA) is 57.6 Å². The maximum Gasteiger partial charge on any atom is 0.308 e. The van der Waals surface area contributed by atoms with E-state index in [0.29, 0.717) is 13.1 Å². The summed E-state index contributed by atoms with van der Waals surface area (Å²) in [6.07, 6.45) is 1.95. The molecule has 1 heterocycles. The van der Waals surface area contributed by atoms with E-state index < -0.39 is 11.9 Å². The van der Waals surface area contributed by atoms with E-state index >= 15 is 0 Å². The van der Waals surface area contributed by atoms with Gasteiger partial charge in [0.25, 0.3) is 0 Å². The molecule has 0 aromatic heterocycles. The Morgan fingerprint density at radius 3 is 2.63 bits per heavy atom. The van der Waals surface area contributed by atoms with Gasteiger partial charge in [0.2, 0.25) is 5.91 Å². The predicted octanol–water partition coefficient (Wildman–Crippen LogP) is 1.86. The normalized spacial score (nSPS) is 18.9. The smallest absolute Gasteiger partial charge is 0.308 e. The van der Waals surface area contributed by atoms with Crippen LogP contribution < -0.4 is 0 Å². The molecule has 1 aliphatic heterocycles. The van der Waals surface area contributed by atoms with Crippen molar-refractivity contribution in [2.24, 2.45) is 5.92 Å². The Morgan fingerprint density at radius 2 is 2.05 bits per heavy atom. The first-order valence-electron chi connectivity index (χ1n) is 6.62. The largest absolute Gasteiger partial charge is 0.481 e. The van der Waals surface area contributed by atoms with E-state index in [1.807, 2.05) is 0 Å². The van der Waals surface area contributed by atoms with Crippen molar-refractivity contribution < 1.29 is 14.7 Å². The van der Waals surface area contributed by atoms with Crippen LogP contribution in [0.3, 0.4) is 0 Å². The first-order valence-corrected chi connectivity index (χ1v) is 6.62. The summed E-state index contributed by atoms with van der Waals surface area (Å²) in [6, 6.07) is 8.36. The Hall–Kier alpha value is -1.84. The van der Waals surface area contributed by atoms with E-state index in [0.717, 1.165) is 12.8 Å². The van der Waals surface area contributed by atoms with E-state index in [1.54, 1.807) is 4.90 Å². The lowest BCUT2D eigenvalue weighted by Crippen LogP contribution is -2.27. The SMILES string of the molecule is Cc1ccc(CCCN2CC(C(=O)O)CC2=O)cc1. The molecule has 1 aliphatic rings. The second-order valence-electron chi connectivity index (χ2n) is 5.17. The highest BCUT2D eigenvalue weighted by Gasteiger charge is 2.33. The quantitative estimate of drug-likeness (QED) is 0.880. The number of benzene rings is 1.